The Kier molecular flexibility index (Phi) is 7.83. The van der Waals surface area contributed by atoms with Gasteiger partial charge in [0.05, 0.1) is 17.4 Å². The number of carboxylic acids is 1. The van der Waals surface area contributed by atoms with E-state index < -0.39 is 10.9 Å². The summed E-state index contributed by atoms with van der Waals surface area (Å²) in [5.41, 5.74) is 1.19. The zero-order valence-electron chi connectivity index (χ0n) is 15.6. The number of rotatable bonds is 10. The van der Waals surface area contributed by atoms with Crippen LogP contribution in [0.3, 0.4) is 0 Å². The van der Waals surface area contributed by atoms with Gasteiger partial charge >= 0.3 is 5.97 Å². The molecular weight excluding hydrogens is 324 g/mol. The lowest BCUT2D eigenvalue weighted by Crippen LogP contribution is -2.35. The molecule has 1 aromatic carbocycles. The van der Waals surface area contributed by atoms with Crippen LogP contribution in [0.1, 0.15) is 45.6 Å². The molecule has 0 spiro atoms. The maximum atomic E-state index is 11.6. The molecule has 0 aliphatic carbocycles. The fourth-order valence-corrected chi connectivity index (χ4v) is 2.74. The van der Waals surface area contributed by atoms with Gasteiger partial charge in [-0.15, -0.1) is 0 Å². The number of anilines is 1. The molecule has 0 aliphatic rings. The van der Waals surface area contributed by atoms with Crippen LogP contribution in [0.4, 0.5) is 11.4 Å². The van der Waals surface area contributed by atoms with Gasteiger partial charge in [-0.3, -0.25) is 14.9 Å². The van der Waals surface area contributed by atoms with E-state index in [1.165, 1.54) is 6.07 Å². The SMILES string of the molecule is CO[C@H](C)CN(CC(C)C)c1ccc([C@H](C)CC(=O)O)cc1[N+](=O)[O-]. The Morgan fingerprint density at radius 1 is 1.28 bits per heavy atom. The lowest BCUT2D eigenvalue weighted by atomic mass is 9.96. The number of hydrogen-bond donors (Lipinski definition) is 1. The number of nitrogens with zero attached hydrogens (tertiary/aromatic N) is 2. The average Bonchev–Trinajstić information content (AvgIpc) is 2.52. The summed E-state index contributed by atoms with van der Waals surface area (Å²) >= 11 is 0. The van der Waals surface area contributed by atoms with Crippen LogP contribution in [0.2, 0.25) is 0 Å². The van der Waals surface area contributed by atoms with Crippen molar-refractivity contribution in [2.24, 2.45) is 5.92 Å². The van der Waals surface area contributed by atoms with Crippen LogP contribution < -0.4 is 4.90 Å². The van der Waals surface area contributed by atoms with E-state index in [1.54, 1.807) is 26.2 Å². The highest BCUT2D eigenvalue weighted by Gasteiger charge is 2.24. The second kappa shape index (κ2) is 9.36. The van der Waals surface area contributed by atoms with Crippen molar-refractivity contribution in [3.05, 3.63) is 33.9 Å². The van der Waals surface area contributed by atoms with E-state index in [0.717, 1.165) is 0 Å². The number of carboxylic acid groups (broad SMARTS) is 1. The monoisotopic (exact) mass is 352 g/mol. The highest BCUT2D eigenvalue weighted by Crippen LogP contribution is 2.33. The van der Waals surface area contributed by atoms with E-state index in [0.29, 0.717) is 30.3 Å². The molecule has 0 aliphatic heterocycles. The number of aliphatic carboxylic acids is 1. The van der Waals surface area contributed by atoms with E-state index >= 15 is 0 Å². The summed E-state index contributed by atoms with van der Waals surface area (Å²) < 4.78 is 5.31. The third-order valence-corrected chi connectivity index (χ3v) is 4.05. The van der Waals surface area contributed by atoms with Crippen molar-refractivity contribution >= 4 is 17.3 Å². The zero-order valence-corrected chi connectivity index (χ0v) is 15.6. The minimum atomic E-state index is -0.922. The normalized spacial score (nSPS) is 13.5. The molecule has 2 atom stereocenters. The molecule has 0 saturated carbocycles. The van der Waals surface area contributed by atoms with Crippen molar-refractivity contribution in [2.75, 3.05) is 25.1 Å². The fraction of sp³-hybridized carbons (Fsp3) is 0.611. The molecule has 25 heavy (non-hydrogen) atoms. The molecule has 0 bridgehead atoms. The number of hydrogen-bond acceptors (Lipinski definition) is 5. The number of nitro groups is 1. The van der Waals surface area contributed by atoms with Crippen LogP contribution in [-0.4, -0.2) is 42.3 Å². The van der Waals surface area contributed by atoms with Gasteiger partial charge < -0.3 is 14.7 Å². The molecule has 0 unspecified atom stereocenters. The first-order chi connectivity index (χ1) is 11.6. The number of methoxy groups -OCH3 is 1. The summed E-state index contributed by atoms with van der Waals surface area (Å²) in [4.78, 5) is 24.0. The second-order valence-corrected chi connectivity index (χ2v) is 6.85. The van der Waals surface area contributed by atoms with Crippen LogP contribution in [0.15, 0.2) is 18.2 Å². The number of benzene rings is 1. The number of carbonyl (C=O) groups is 1. The molecule has 0 aromatic heterocycles. The third kappa shape index (κ3) is 6.34. The first-order valence-corrected chi connectivity index (χ1v) is 8.43. The van der Waals surface area contributed by atoms with Gasteiger partial charge in [-0.1, -0.05) is 26.8 Å². The number of ether oxygens (including phenoxy) is 1. The fourth-order valence-electron chi connectivity index (χ4n) is 2.74. The van der Waals surface area contributed by atoms with Gasteiger partial charge in [0, 0.05) is 26.3 Å². The third-order valence-electron chi connectivity index (χ3n) is 4.05. The summed E-state index contributed by atoms with van der Waals surface area (Å²) in [6, 6.07) is 4.99. The molecular formula is C18H28N2O5. The molecule has 0 radical (unpaired) electrons. The molecule has 1 aromatic rings. The van der Waals surface area contributed by atoms with Crippen LogP contribution >= 0.6 is 0 Å². The molecule has 7 nitrogen and oxygen atoms in total. The van der Waals surface area contributed by atoms with Gasteiger partial charge in [0.25, 0.3) is 5.69 Å². The molecule has 7 heteroatoms. The summed E-state index contributed by atoms with van der Waals surface area (Å²) in [6.07, 6.45) is -0.128. The Morgan fingerprint density at radius 3 is 2.40 bits per heavy atom. The van der Waals surface area contributed by atoms with Crippen molar-refractivity contribution in [1.29, 1.82) is 0 Å². The van der Waals surface area contributed by atoms with Crippen molar-refractivity contribution in [3.63, 3.8) is 0 Å². The lowest BCUT2D eigenvalue weighted by molar-refractivity contribution is -0.384. The maximum Gasteiger partial charge on any atom is 0.303 e. The Hall–Kier alpha value is -2.15. The maximum absolute atomic E-state index is 11.6. The Morgan fingerprint density at radius 2 is 1.92 bits per heavy atom. The topological polar surface area (TPSA) is 92.9 Å². The van der Waals surface area contributed by atoms with Gasteiger partial charge in [0.15, 0.2) is 0 Å². The summed E-state index contributed by atoms with van der Waals surface area (Å²) in [7, 11) is 1.61. The van der Waals surface area contributed by atoms with E-state index in [9.17, 15) is 14.9 Å². The van der Waals surface area contributed by atoms with Crippen LogP contribution in [-0.2, 0) is 9.53 Å². The van der Waals surface area contributed by atoms with E-state index in [2.05, 4.69) is 13.8 Å². The summed E-state index contributed by atoms with van der Waals surface area (Å²) in [6.45, 7) is 8.99. The van der Waals surface area contributed by atoms with E-state index in [4.69, 9.17) is 9.84 Å². The summed E-state index contributed by atoms with van der Waals surface area (Å²) in [5.74, 6) is -0.884. The quantitative estimate of drug-likeness (QED) is 0.510. The first kappa shape index (κ1) is 20.9. The van der Waals surface area contributed by atoms with Gasteiger partial charge in [0.2, 0.25) is 0 Å². The minimum Gasteiger partial charge on any atom is -0.481 e. The molecule has 0 saturated heterocycles. The number of nitro benzene ring substituents is 1. The smallest absolute Gasteiger partial charge is 0.303 e. The van der Waals surface area contributed by atoms with Gasteiger partial charge in [0.1, 0.15) is 5.69 Å². The van der Waals surface area contributed by atoms with Crippen molar-refractivity contribution in [1.82, 2.24) is 0 Å². The molecule has 1 N–H and O–H groups in total. The minimum absolute atomic E-state index is 0.00121. The first-order valence-electron chi connectivity index (χ1n) is 8.43. The van der Waals surface area contributed by atoms with E-state index in [1.807, 2.05) is 11.8 Å². The molecule has 0 amide bonds. The van der Waals surface area contributed by atoms with E-state index in [-0.39, 0.29) is 24.1 Å². The second-order valence-electron chi connectivity index (χ2n) is 6.85. The highest BCUT2D eigenvalue weighted by molar-refractivity contribution is 5.69. The predicted molar refractivity (Wildman–Crippen MR) is 97.3 cm³/mol. The van der Waals surface area contributed by atoms with Crippen LogP contribution in [0.5, 0.6) is 0 Å². The molecule has 140 valence electrons. The standard InChI is InChI=1S/C18H28N2O5/c1-12(2)10-19(11-14(4)25-5)16-7-6-15(9-17(16)20(23)24)13(3)8-18(21)22/h6-7,9,12-14H,8,10-11H2,1-5H3,(H,21,22)/t13-,14-/m1/s1. The molecule has 0 heterocycles. The van der Waals surface area contributed by atoms with Gasteiger partial charge in [-0.25, -0.2) is 0 Å². The summed E-state index contributed by atoms with van der Waals surface area (Å²) in [5, 5.41) is 20.5. The zero-order chi connectivity index (χ0) is 19.1. The average molecular weight is 352 g/mol. The van der Waals surface area contributed by atoms with Crippen LogP contribution in [0.25, 0.3) is 0 Å². The van der Waals surface area contributed by atoms with Crippen LogP contribution in [0, 0.1) is 16.0 Å². The van der Waals surface area contributed by atoms with Crippen molar-refractivity contribution in [3.8, 4) is 0 Å². The van der Waals surface area contributed by atoms with Crippen molar-refractivity contribution in [2.45, 2.75) is 46.1 Å². The van der Waals surface area contributed by atoms with Crippen molar-refractivity contribution < 1.29 is 19.6 Å². The highest BCUT2D eigenvalue weighted by atomic mass is 16.6. The Labute approximate surface area is 148 Å². The predicted octanol–water partition coefficient (Wildman–Crippen LogP) is 3.67. The molecule has 1 rings (SSSR count). The molecule has 0 fully saturated rings. The lowest BCUT2D eigenvalue weighted by Gasteiger charge is -2.29. The Bertz CT molecular complexity index is 603. The van der Waals surface area contributed by atoms with Gasteiger partial charge in [-0.05, 0) is 30.4 Å². The van der Waals surface area contributed by atoms with Gasteiger partial charge in [-0.2, -0.15) is 0 Å². The largest absolute Gasteiger partial charge is 0.481 e. The Balaban J connectivity index is 3.25.